The van der Waals surface area contributed by atoms with Crippen LogP contribution in [0, 0.1) is 0 Å². The number of nitrogens with one attached hydrogen (secondary N) is 3. The van der Waals surface area contributed by atoms with Gasteiger partial charge in [-0.2, -0.15) is 0 Å². The van der Waals surface area contributed by atoms with Crippen molar-refractivity contribution >= 4 is 35.3 Å². The molecule has 2 unspecified atom stereocenters. The van der Waals surface area contributed by atoms with E-state index in [0.29, 0.717) is 24.7 Å². The molecule has 4 amide bonds. The largest absolute Gasteiger partial charge is 0.490 e. The summed E-state index contributed by atoms with van der Waals surface area (Å²) in [5.74, 6) is 0.152. The number of nitrogens with zero attached hydrogens (tertiary/aromatic N) is 5. The first-order valence-electron chi connectivity index (χ1n) is 18.9. The second kappa shape index (κ2) is 14.1. The van der Waals surface area contributed by atoms with Gasteiger partial charge < -0.3 is 25.1 Å². The van der Waals surface area contributed by atoms with Crippen LogP contribution in [0.1, 0.15) is 70.1 Å². The molecule has 3 fully saturated rings. The van der Waals surface area contributed by atoms with Gasteiger partial charge in [0.1, 0.15) is 30.3 Å². The number of hydrogen-bond donors (Lipinski definition) is 3. The SMILES string of the molecule is CC1(c2ccc(OCc3ccnc(N4CCNCC4)n3)cc2)Cc2ccc(cc2)OC2CC(C2)N1Nc1ccc2c(c1)C(=O)N(C1CCC(=O)NC1=O)C2=O. The molecule has 2 saturated heterocycles. The third-order valence-corrected chi connectivity index (χ3v) is 11.4. The highest BCUT2D eigenvalue weighted by molar-refractivity contribution is 6.23. The summed E-state index contributed by atoms with van der Waals surface area (Å²) < 4.78 is 12.5. The van der Waals surface area contributed by atoms with E-state index >= 15 is 0 Å². The van der Waals surface area contributed by atoms with E-state index in [0.717, 1.165) is 72.2 Å². The van der Waals surface area contributed by atoms with E-state index in [4.69, 9.17) is 14.5 Å². The van der Waals surface area contributed by atoms with Gasteiger partial charge in [0.25, 0.3) is 11.8 Å². The average Bonchev–Trinajstić information content (AvgIpc) is 3.40. The molecule has 2 atom stereocenters. The van der Waals surface area contributed by atoms with Gasteiger partial charge in [0.15, 0.2) is 0 Å². The molecule has 7 aliphatic heterocycles. The van der Waals surface area contributed by atoms with Crippen LogP contribution in [0.5, 0.6) is 11.5 Å². The number of rotatable bonds is 8. The normalized spacial score (nSPS) is 25.1. The fourth-order valence-corrected chi connectivity index (χ4v) is 8.29. The van der Waals surface area contributed by atoms with Crippen molar-refractivity contribution in [3.05, 3.63) is 107 Å². The van der Waals surface area contributed by atoms with E-state index in [-0.39, 0.29) is 36.1 Å². The number of fused-ring (bicyclic) bond motifs is 1. The monoisotopic (exact) mass is 742 g/mol. The minimum absolute atomic E-state index is 0.0495. The lowest BCUT2D eigenvalue weighted by atomic mass is 9.80. The first-order chi connectivity index (χ1) is 26.7. The maximum Gasteiger partial charge on any atom is 0.262 e. The van der Waals surface area contributed by atoms with Gasteiger partial charge in [0.05, 0.1) is 22.4 Å². The molecule has 55 heavy (non-hydrogen) atoms. The number of hydrazine groups is 1. The van der Waals surface area contributed by atoms with Gasteiger partial charge in [0, 0.05) is 63.4 Å². The van der Waals surface area contributed by atoms with Gasteiger partial charge in [0.2, 0.25) is 17.8 Å². The number of hydrogen-bond acceptors (Lipinski definition) is 12. The van der Waals surface area contributed by atoms with Gasteiger partial charge >= 0.3 is 0 Å². The third-order valence-electron chi connectivity index (χ3n) is 11.4. The molecule has 1 aliphatic carbocycles. The number of aromatic nitrogens is 2. The lowest BCUT2D eigenvalue weighted by Gasteiger charge is -2.51. The van der Waals surface area contributed by atoms with Crippen molar-refractivity contribution in [1.82, 2.24) is 30.5 Å². The third kappa shape index (κ3) is 6.65. The zero-order valence-corrected chi connectivity index (χ0v) is 30.5. The van der Waals surface area contributed by atoms with Crippen LogP contribution in [-0.2, 0) is 28.2 Å². The van der Waals surface area contributed by atoms with Gasteiger partial charge in [-0.1, -0.05) is 24.3 Å². The fourth-order valence-electron chi connectivity index (χ4n) is 8.29. The van der Waals surface area contributed by atoms with Crippen molar-refractivity contribution < 1.29 is 28.7 Å². The fraction of sp³-hybridized carbons (Fsp3) is 0.366. The molecule has 1 aromatic heterocycles. The summed E-state index contributed by atoms with van der Waals surface area (Å²) in [6, 6.07) is 22.5. The minimum atomic E-state index is -1.03. The highest BCUT2D eigenvalue weighted by atomic mass is 16.5. The number of piperazine rings is 1. The summed E-state index contributed by atoms with van der Waals surface area (Å²) in [5, 5.41) is 7.88. The summed E-state index contributed by atoms with van der Waals surface area (Å²) in [4.78, 5) is 64.0. The molecule has 282 valence electrons. The highest BCUT2D eigenvalue weighted by Crippen LogP contribution is 2.42. The van der Waals surface area contributed by atoms with Crippen LogP contribution in [0.2, 0.25) is 0 Å². The Balaban J connectivity index is 0.986. The van der Waals surface area contributed by atoms with Crippen molar-refractivity contribution in [2.75, 3.05) is 36.5 Å². The lowest BCUT2D eigenvalue weighted by molar-refractivity contribution is -0.136. The van der Waals surface area contributed by atoms with Gasteiger partial charge in [-0.3, -0.25) is 29.4 Å². The molecule has 8 aliphatic rings. The Morgan fingerprint density at radius 2 is 1.69 bits per heavy atom. The van der Waals surface area contributed by atoms with E-state index in [9.17, 15) is 19.2 Å². The Morgan fingerprint density at radius 1 is 0.927 bits per heavy atom. The Labute approximate surface area is 318 Å². The summed E-state index contributed by atoms with van der Waals surface area (Å²) in [7, 11) is 0. The van der Waals surface area contributed by atoms with Gasteiger partial charge in [-0.15, -0.1) is 0 Å². The van der Waals surface area contributed by atoms with Crippen LogP contribution in [0.25, 0.3) is 0 Å². The minimum Gasteiger partial charge on any atom is -0.490 e. The molecule has 8 heterocycles. The molecule has 14 nitrogen and oxygen atoms in total. The summed E-state index contributed by atoms with van der Waals surface area (Å²) in [6.07, 6.45) is 4.21. The molecular formula is C41H42N8O6. The second-order valence-corrected chi connectivity index (χ2v) is 15.0. The number of benzene rings is 3. The molecule has 0 radical (unpaired) electrons. The predicted octanol–water partition coefficient (Wildman–Crippen LogP) is 3.58. The van der Waals surface area contributed by atoms with E-state index in [2.05, 4.69) is 62.1 Å². The van der Waals surface area contributed by atoms with Gasteiger partial charge in [-0.05, 0) is 79.4 Å². The maximum absolute atomic E-state index is 13.7. The number of carbonyl (C=O) groups is 4. The molecule has 4 bridgehead atoms. The molecule has 3 aromatic carbocycles. The molecule has 4 aromatic rings. The Hall–Kier alpha value is -5.86. The predicted molar refractivity (Wildman–Crippen MR) is 201 cm³/mol. The summed E-state index contributed by atoms with van der Waals surface area (Å²) in [5.41, 5.74) is 7.14. The zero-order chi connectivity index (χ0) is 37.7. The standard InChI is InChI=1S/C41H42N8O6/c1-41(26-4-9-30(10-5-26)54-24-28-14-15-43-40(44-28)47-18-16-42-17-19-47)23-25-2-7-31(8-3-25)55-32-21-29(22-32)49(41)46-27-6-11-33-34(20-27)39(53)48(38(33)52)35-12-13-36(50)45-37(35)51/h2-11,14-15,20,29,32,35,42,46H,12-13,16-19,21-24H2,1H3,(H,45,50,51). The highest BCUT2D eigenvalue weighted by Gasteiger charge is 2.47. The summed E-state index contributed by atoms with van der Waals surface area (Å²) >= 11 is 0. The molecule has 3 N–H and O–H groups in total. The number of carbonyl (C=O) groups excluding carboxylic acids is 4. The van der Waals surface area contributed by atoms with Crippen LogP contribution >= 0.6 is 0 Å². The van der Waals surface area contributed by atoms with E-state index in [1.165, 1.54) is 0 Å². The van der Waals surface area contributed by atoms with Gasteiger partial charge in [-0.25, -0.2) is 15.0 Å². The van der Waals surface area contributed by atoms with Crippen LogP contribution in [0.4, 0.5) is 11.6 Å². The first-order valence-corrected chi connectivity index (χ1v) is 18.9. The molecule has 0 spiro atoms. The van der Waals surface area contributed by atoms with Crippen molar-refractivity contribution in [1.29, 1.82) is 0 Å². The van der Waals surface area contributed by atoms with Crippen LogP contribution in [0.3, 0.4) is 0 Å². The molecule has 12 rings (SSSR count). The lowest BCUT2D eigenvalue weighted by Crippen LogP contribution is -2.59. The van der Waals surface area contributed by atoms with Crippen LogP contribution in [-0.4, -0.2) is 87.9 Å². The maximum atomic E-state index is 13.7. The Bertz CT molecular complexity index is 2150. The van der Waals surface area contributed by atoms with E-state index in [1.807, 2.05) is 30.3 Å². The molecular weight excluding hydrogens is 701 g/mol. The topological polar surface area (TPSA) is 158 Å². The number of amides is 4. The van der Waals surface area contributed by atoms with E-state index in [1.54, 1.807) is 24.4 Å². The molecule has 1 saturated carbocycles. The second-order valence-electron chi connectivity index (χ2n) is 15.0. The van der Waals surface area contributed by atoms with Crippen LogP contribution in [0.15, 0.2) is 79.0 Å². The van der Waals surface area contributed by atoms with Crippen molar-refractivity contribution in [2.24, 2.45) is 0 Å². The van der Waals surface area contributed by atoms with Crippen molar-refractivity contribution in [3.63, 3.8) is 0 Å². The summed E-state index contributed by atoms with van der Waals surface area (Å²) in [6.45, 7) is 6.05. The smallest absolute Gasteiger partial charge is 0.262 e. The number of ether oxygens (including phenoxy) is 2. The zero-order valence-electron chi connectivity index (χ0n) is 30.5. The Morgan fingerprint density at radius 3 is 2.45 bits per heavy atom. The average molecular weight is 743 g/mol. The Kier molecular flexibility index (Phi) is 8.93. The van der Waals surface area contributed by atoms with Crippen LogP contribution < -0.4 is 30.4 Å². The molecule has 14 heteroatoms. The number of imide groups is 2. The van der Waals surface area contributed by atoms with Crippen molar-refractivity contribution in [2.45, 2.75) is 69.4 Å². The first kappa shape index (κ1) is 34.9. The number of anilines is 2. The van der Waals surface area contributed by atoms with E-state index < -0.39 is 35.2 Å². The van der Waals surface area contributed by atoms with Crippen molar-refractivity contribution in [3.8, 4) is 11.5 Å². The number of piperidine rings is 1. The quantitative estimate of drug-likeness (QED) is 0.226.